The molecule has 0 aliphatic rings. The fraction of sp³-hybridized carbons (Fsp3) is 0.167. The van der Waals surface area contributed by atoms with Crippen molar-refractivity contribution in [2.45, 2.75) is 12.7 Å². The number of alkyl halides is 3. The minimum Gasteiger partial charge on any atom is -0.454 e. The van der Waals surface area contributed by atoms with E-state index >= 15 is 0 Å². The van der Waals surface area contributed by atoms with Gasteiger partial charge >= 0.3 is 12.1 Å². The molecule has 1 amide bonds. The van der Waals surface area contributed by atoms with E-state index in [9.17, 15) is 22.8 Å². The first-order valence-corrected chi connectivity index (χ1v) is 8.34. The molecule has 3 rings (SSSR count). The maximum Gasteiger partial charge on any atom is 0.418 e. The summed E-state index contributed by atoms with van der Waals surface area (Å²) in [5, 5.41) is 1.76. The molecule has 0 unspecified atom stereocenters. The Balaban J connectivity index is 1.61. The molecule has 0 saturated carbocycles. The zero-order valence-corrected chi connectivity index (χ0v) is 14.9. The van der Waals surface area contributed by atoms with E-state index in [-0.39, 0.29) is 11.6 Å². The largest absolute Gasteiger partial charge is 0.454 e. The molecule has 0 aliphatic heterocycles. The van der Waals surface area contributed by atoms with Crippen LogP contribution in [0.3, 0.4) is 0 Å². The van der Waals surface area contributed by atoms with Crippen LogP contribution in [-0.4, -0.2) is 28.0 Å². The fourth-order valence-corrected chi connectivity index (χ4v) is 2.75. The number of hydrogen-bond acceptors (Lipinski definition) is 4. The van der Waals surface area contributed by atoms with Gasteiger partial charge in [0.15, 0.2) is 6.61 Å². The van der Waals surface area contributed by atoms with Crippen LogP contribution in [0.1, 0.15) is 5.56 Å². The van der Waals surface area contributed by atoms with Crippen molar-refractivity contribution in [3.63, 3.8) is 0 Å². The molecule has 0 spiro atoms. The number of benzene rings is 2. The van der Waals surface area contributed by atoms with Crippen molar-refractivity contribution in [1.29, 1.82) is 0 Å². The second-order valence-electron chi connectivity index (χ2n) is 5.73. The van der Waals surface area contributed by atoms with Crippen LogP contribution in [0.5, 0.6) is 0 Å². The number of ether oxygens (including phenoxy) is 1. The molecule has 1 aromatic heterocycles. The van der Waals surface area contributed by atoms with Crippen LogP contribution in [0.25, 0.3) is 11.0 Å². The van der Waals surface area contributed by atoms with Crippen molar-refractivity contribution in [3.8, 4) is 0 Å². The van der Waals surface area contributed by atoms with Gasteiger partial charge < -0.3 is 14.6 Å². The van der Waals surface area contributed by atoms with E-state index in [1.165, 1.54) is 17.0 Å². The maximum absolute atomic E-state index is 13.0. The first-order valence-electron chi connectivity index (χ1n) is 7.97. The zero-order chi connectivity index (χ0) is 20.3. The standard InChI is InChI=1S/C18H13ClF3N3O3/c19-12-5-3-4-11(18(20,21)22)17(12)24-15(26)9-28-16(27)8-25-10-23-13-6-1-2-7-14(13)25/h1-7,10H,8-9H2,(H,24,26). The van der Waals surface area contributed by atoms with Crippen molar-refractivity contribution < 1.29 is 27.5 Å². The number of nitrogens with zero attached hydrogens (tertiary/aromatic N) is 2. The van der Waals surface area contributed by atoms with Crippen LogP contribution < -0.4 is 5.32 Å². The smallest absolute Gasteiger partial charge is 0.418 e. The van der Waals surface area contributed by atoms with E-state index in [4.69, 9.17) is 16.3 Å². The summed E-state index contributed by atoms with van der Waals surface area (Å²) in [5.74, 6) is -1.68. The molecule has 10 heteroatoms. The monoisotopic (exact) mass is 411 g/mol. The number of anilines is 1. The molecule has 0 fully saturated rings. The summed E-state index contributed by atoms with van der Waals surface area (Å²) < 4.78 is 45.5. The summed E-state index contributed by atoms with van der Waals surface area (Å²) >= 11 is 5.76. The Kier molecular flexibility index (Phi) is 5.55. The third-order valence-electron chi connectivity index (χ3n) is 3.77. The zero-order valence-electron chi connectivity index (χ0n) is 14.2. The molecular weight excluding hydrogens is 399 g/mol. The normalized spacial score (nSPS) is 11.4. The highest BCUT2D eigenvalue weighted by Crippen LogP contribution is 2.38. The van der Waals surface area contributed by atoms with Crippen molar-refractivity contribution in [2.24, 2.45) is 0 Å². The van der Waals surface area contributed by atoms with E-state index in [1.54, 1.807) is 24.3 Å². The van der Waals surface area contributed by atoms with Crippen LogP contribution in [0.15, 0.2) is 48.8 Å². The maximum atomic E-state index is 13.0. The summed E-state index contributed by atoms with van der Waals surface area (Å²) in [6.45, 7) is -0.957. The number of imidazole rings is 1. The Labute approximate surface area is 161 Å². The van der Waals surface area contributed by atoms with Gasteiger partial charge in [-0.15, -0.1) is 0 Å². The third kappa shape index (κ3) is 4.42. The number of esters is 1. The minimum absolute atomic E-state index is 0.201. The van der Waals surface area contributed by atoms with Gasteiger partial charge in [0.25, 0.3) is 5.91 Å². The number of carbonyl (C=O) groups is 2. The van der Waals surface area contributed by atoms with Crippen molar-refractivity contribution in [1.82, 2.24) is 9.55 Å². The van der Waals surface area contributed by atoms with E-state index in [0.717, 1.165) is 12.1 Å². The molecule has 0 bridgehead atoms. The Morgan fingerprint density at radius 2 is 1.89 bits per heavy atom. The fourth-order valence-electron chi connectivity index (χ4n) is 2.53. The third-order valence-corrected chi connectivity index (χ3v) is 4.09. The van der Waals surface area contributed by atoms with Crippen LogP contribution >= 0.6 is 11.6 Å². The number of para-hydroxylation sites is 3. The molecule has 1 heterocycles. The van der Waals surface area contributed by atoms with Gasteiger partial charge in [0, 0.05) is 0 Å². The molecule has 0 radical (unpaired) electrons. The first kappa shape index (κ1) is 19.7. The molecule has 0 saturated heterocycles. The van der Waals surface area contributed by atoms with Crippen LogP contribution in [-0.2, 0) is 27.0 Å². The highest BCUT2D eigenvalue weighted by atomic mass is 35.5. The van der Waals surface area contributed by atoms with Gasteiger partial charge in [-0.1, -0.05) is 29.8 Å². The number of halogens is 4. The Bertz CT molecular complexity index is 1030. The molecule has 2 aromatic carbocycles. The predicted octanol–water partition coefficient (Wildman–Crippen LogP) is 3.89. The lowest BCUT2D eigenvalue weighted by Gasteiger charge is -2.15. The average Bonchev–Trinajstić information content (AvgIpc) is 3.04. The second kappa shape index (κ2) is 7.89. The SMILES string of the molecule is O=C(COC(=O)Cn1cnc2ccccc21)Nc1c(Cl)cccc1C(F)(F)F. The number of aromatic nitrogens is 2. The molecule has 3 aromatic rings. The predicted molar refractivity (Wildman–Crippen MR) is 95.8 cm³/mol. The molecular formula is C18H13ClF3N3O3. The summed E-state index contributed by atoms with van der Waals surface area (Å²) in [6, 6.07) is 10.2. The van der Waals surface area contributed by atoms with Gasteiger partial charge in [-0.2, -0.15) is 13.2 Å². The first-order chi connectivity index (χ1) is 13.3. The molecule has 146 valence electrons. The Morgan fingerprint density at radius 1 is 1.14 bits per heavy atom. The lowest BCUT2D eigenvalue weighted by Crippen LogP contribution is -2.24. The molecule has 0 aliphatic carbocycles. The highest BCUT2D eigenvalue weighted by molar-refractivity contribution is 6.34. The van der Waals surface area contributed by atoms with Gasteiger partial charge in [0.05, 0.1) is 33.6 Å². The van der Waals surface area contributed by atoms with Crippen molar-refractivity contribution in [3.05, 3.63) is 59.4 Å². The number of amides is 1. The molecule has 28 heavy (non-hydrogen) atoms. The van der Waals surface area contributed by atoms with Crippen LogP contribution in [0, 0.1) is 0 Å². The number of carbonyl (C=O) groups excluding carboxylic acids is 2. The molecule has 6 nitrogen and oxygen atoms in total. The van der Waals surface area contributed by atoms with Gasteiger partial charge in [0.1, 0.15) is 6.54 Å². The average molecular weight is 412 g/mol. The number of fused-ring (bicyclic) bond motifs is 1. The summed E-state index contributed by atoms with van der Waals surface area (Å²) in [6.07, 6.45) is -3.25. The Hall–Kier alpha value is -3.07. The van der Waals surface area contributed by atoms with Gasteiger partial charge in [-0.3, -0.25) is 9.59 Å². The lowest BCUT2D eigenvalue weighted by atomic mass is 10.1. The molecule has 1 N–H and O–H groups in total. The summed E-state index contributed by atoms with van der Waals surface area (Å²) in [7, 11) is 0. The summed E-state index contributed by atoms with van der Waals surface area (Å²) in [4.78, 5) is 28.0. The Morgan fingerprint density at radius 3 is 2.64 bits per heavy atom. The topological polar surface area (TPSA) is 73.2 Å². The van der Waals surface area contributed by atoms with E-state index in [0.29, 0.717) is 11.0 Å². The van der Waals surface area contributed by atoms with Crippen LogP contribution in [0.2, 0.25) is 5.02 Å². The van der Waals surface area contributed by atoms with Gasteiger partial charge in [0.2, 0.25) is 0 Å². The number of hydrogen-bond donors (Lipinski definition) is 1. The number of nitrogens with one attached hydrogen (secondary N) is 1. The number of rotatable bonds is 5. The van der Waals surface area contributed by atoms with Gasteiger partial charge in [-0.05, 0) is 24.3 Å². The van der Waals surface area contributed by atoms with Crippen LogP contribution in [0.4, 0.5) is 18.9 Å². The van der Waals surface area contributed by atoms with E-state index < -0.39 is 35.9 Å². The van der Waals surface area contributed by atoms with E-state index in [1.807, 2.05) is 5.32 Å². The lowest BCUT2D eigenvalue weighted by molar-refractivity contribution is -0.148. The quantitative estimate of drug-likeness (QED) is 0.646. The van der Waals surface area contributed by atoms with Crippen molar-refractivity contribution >= 4 is 40.2 Å². The van der Waals surface area contributed by atoms with Crippen molar-refractivity contribution in [2.75, 3.05) is 11.9 Å². The second-order valence-corrected chi connectivity index (χ2v) is 6.14. The van der Waals surface area contributed by atoms with E-state index in [2.05, 4.69) is 4.98 Å². The molecule has 0 atom stereocenters. The van der Waals surface area contributed by atoms with Gasteiger partial charge in [-0.25, -0.2) is 4.98 Å². The highest BCUT2D eigenvalue weighted by Gasteiger charge is 2.34. The summed E-state index contributed by atoms with van der Waals surface area (Å²) in [5.41, 5.74) is -0.288. The minimum atomic E-state index is -4.70.